The first-order chi connectivity index (χ1) is 12.0. The summed E-state index contributed by atoms with van der Waals surface area (Å²) in [5.41, 5.74) is 5.06. The van der Waals surface area contributed by atoms with E-state index in [0.717, 1.165) is 23.3 Å². The summed E-state index contributed by atoms with van der Waals surface area (Å²) < 4.78 is 5.23. The second-order valence-corrected chi connectivity index (χ2v) is 5.69. The molecule has 0 saturated carbocycles. The third kappa shape index (κ3) is 5.53. The Morgan fingerprint density at radius 1 is 1.24 bits per heavy atom. The van der Waals surface area contributed by atoms with Crippen molar-refractivity contribution in [2.45, 2.75) is 26.2 Å². The Morgan fingerprint density at radius 3 is 2.72 bits per heavy atom. The molecule has 0 radical (unpaired) electrons. The Labute approximate surface area is 146 Å². The lowest BCUT2D eigenvalue weighted by Crippen LogP contribution is -2.17. The van der Waals surface area contributed by atoms with Crippen molar-refractivity contribution in [3.05, 3.63) is 53.1 Å². The van der Waals surface area contributed by atoms with E-state index >= 15 is 0 Å². The number of phenols is 2. The van der Waals surface area contributed by atoms with E-state index in [1.807, 2.05) is 19.1 Å². The molecule has 6 nitrogen and oxygen atoms in total. The highest BCUT2D eigenvalue weighted by Crippen LogP contribution is 2.21. The SMILES string of the molecule is COc1ccc(CCCC(=O)NN=Cc2ccc(O)cc2O)cc1C. The van der Waals surface area contributed by atoms with Crippen LogP contribution in [0, 0.1) is 6.92 Å². The highest BCUT2D eigenvalue weighted by Gasteiger charge is 2.04. The predicted molar refractivity (Wildman–Crippen MR) is 96.2 cm³/mol. The number of ether oxygens (including phenoxy) is 1. The van der Waals surface area contributed by atoms with Crippen LogP contribution in [0.25, 0.3) is 0 Å². The Bertz CT molecular complexity index is 772. The van der Waals surface area contributed by atoms with Crippen molar-refractivity contribution in [3.63, 3.8) is 0 Å². The van der Waals surface area contributed by atoms with Crippen LogP contribution in [0.4, 0.5) is 0 Å². The van der Waals surface area contributed by atoms with Crippen LogP contribution in [-0.2, 0) is 11.2 Å². The number of aryl methyl sites for hydroxylation is 2. The average Bonchev–Trinajstić information content (AvgIpc) is 2.57. The number of hydrazone groups is 1. The monoisotopic (exact) mass is 342 g/mol. The highest BCUT2D eigenvalue weighted by atomic mass is 16.5. The van der Waals surface area contributed by atoms with Crippen LogP contribution in [0.5, 0.6) is 17.2 Å². The number of hydrogen-bond donors (Lipinski definition) is 3. The van der Waals surface area contributed by atoms with E-state index in [4.69, 9.17) is 4.74 Å². The fraction of sp³-hybridized carbons (Fsp3) is 0.263. The number of benzene rings is 2. The van der Waals surface area contributed by atoms with Gasteiger partial charge in [-0.25, -0.2) is 5.43 Å². The van der Waals surface area contributed by atoms with Crippen molar-refractivity contribution in [2.24, 2.45) is 5.10 Å². The average molecular weight is 342 g/mol. The lowest BCUT2D eigenvalue weighted by molar-refractivity contribution is -0.121. The number of carbonyl (C=O) groups excluding carboxylic acids is 1. The number of amides is 1. The van der Waals surface area contributed by atoms with Gasteiger partial charge in [0, 0.05) is 18.1 Å². The van der Waals surface area contributed by atoms with Gasteiger partial charge in [-0.2, -0.15) is 5.10 Å². The topological polar surface area (TPSA) is 91.2 Å². The Kier molecular flexibility index (Phi) is 6.39. The maximum absolute atomic E-state index is 11.8. The highest BCUT2D eigenvalue weighted by molar-refractivity contribution is 5.85. The van der Waals surface area contributed by atoms with Crippen molar-refractivity contribution >= 4 is 12.1 Å². The third-order valence-corrected chi connectivity index (χ3v) is 3.74. The molecule has 2 aromatic rings. The first-order valence-corrected chi connectivity index (χ1v) is 7.97. The first-order valence-electron chi connectivity index (χ1n) is 7.97. The molecule has 0 atom stereocenters. The summed E-state index contributed by atoms with van der Waals surface area (Å²) in [7, 11) is 1.64. The summed E-state index contributed by atoms with van der Waals surface area (Å²) in [6.45, 7) is 1.99. The predicted octanol–water partition coefficient (Wildman–Crippen LogP) is 2.89. The summed E-state index contributed by atoms with van der Waals surface area (Å²) in [6.07, 6.45) is 3.18. The van der Waals surface area contributed by atoms with E-state index in [1.165, 1.54) is 24.4 Å². The van der Waals surface area contributed by atoms with Gasteiger partial charge in [-0.15, -0.1) is 0 Å². The van der Waals surface area contributed by atoms with E-state index in [-0.39, 0.29) is 17.4 Å². The van der Waals surface area contributed by atoms with Gasteiger partial charge in [0.2, 0.25) is 5.91 Å². The Balaban J connectivity index is 1.77. The summed E-state index contributed by atoms with van der Waals surface area (Å²) in [6, 6.07) is 10.1. The van der Waals surface area contributed by atoms with Crippen LogP contribution in [0.1, 0.15) is 29.5 Å². The Hall–Kier alpha value is -3.02. The summed E-state index contributed by atoms with van der Waals surface area (Å²) >= 11 is 0. The van der Waals surface area contributed by atoms with E-state index in [2.05, 4.69) is 16.6 Å². The van der Waals surface area contributed by atoms with E-state index < -0.39 is 0 Å². The molecule has 0 heterocycles. The standard InChI is InChI=1S/C19H22N2O4/c1-13-10-14(6-9-18(13)25-2)4-3-5-19(24)21-20-12-15-7-8-16(22)11-17(15)23/h6-12,22-23H,3-5H2,1-2H3,(H,21,24). The lowest BCUT2D eigenvalue weighted by atomic mass is 10.1. The smallest absolute Gasteiger partial charge is 0.240 e. The zero-order chi connectivity index (χ0) is 18.2. The van der Waals surface area contributed by atoms with Gasteiger partial charge in [0.15, 0.2) is 0 Å². The minimum absolute atomic E-state index is 0.0348. The van der Waals surface area contributed by atoms with E-state index in [9.17, 15) is 15.0 Å². The number of methoxy groups -OCH3 is 1. The summed E-state index contributed by atoms with van der Waals surface area (Å²) in [4.78, 5) is 11.8. The van der Waals surface area contributed by atoms with Gasteiger partial charge in [-0.3, -0.25) is 4.79 Å². The molecule has 2 rings (SSSR count). The van der Waals surface area contributed by atoms with Crippen LogP contribution in [-0.4, -0.2) is 29.4 Å². The van der Waals surface area contributed by atoms with Gasteiger partial charge >= 0.3 is 0 Å². The summed E-state index contributed by atoms with van der Waals surface area (Å²) in [5, 5.41) is 22.6. The number of phenolic OH excluding ortho intramolecular Hbond substituents is 2. The van der Waals surface area contributed by atoms with Crippen LogP contribution in [0.15, 0.2) is 41.5 Å². The van der Waals surface area contributed by atoms with Crippen molar-refractivity contribution in [1.82, 2.24) is 5.43 Å². The fourth-order valence-corrected chi connectivity index (χ4v) is 2.42. The third-order valence-electron chi connectivity index (χ3n) is 3.74. The second-order valence-electron chi connectivity index (χ2n) is 5.69. The molecule has 6 heteroatoms. The van der Waals surface area contributed by atoms with E-state index in [0.29, 0.717) is 18.4 Å². The molecule has 0 aliphatic carbocycles. The zero-order valence-electron chi connectivity index (χ0n) is 14.3. The van der Waals surface area contributed by atoms with Gasteiger partial charge in [-0.1, -0.05) is 12.1 Å². The number of nitrogens with zero attached hydrogens (tertiary/aromatic N) is 1. The molecule has 1 amide bonds. The van der Waals surface area contributed by atoms with Gasteiger partial charge in [0.1, 0.15) is 17.2 Å². The first kappa shape index (κ1) is 18.3. The van der Waals surface area contributed by atoms with Crippen molar-refractivity contribution < 1.29 is 19.7 Å². The minimum Gasteiger partial charge on any atom is -0.508 e. The molecular weight excluding hydrogens is 320 g/mol. The molecule has 0 bridgehead atoms. The van der Waals surface area contributed by atoms with Gasteiger partial charge in [0.05, 0.1) is 13.3 Å². The molecule has 2 aromatic carbocycles. The Morgan fingerprint density at radius 2 is 2.04 bits per heavy atom. The maximum atomic E-state index is 11.8. The second kappa shape index (κ2) is 8.73. The number of hydrogen-bond acceptors (Lipinski definition) is 5. The molecule has 132 valence electrons. The molecule has 0 aliphatic rings. The molecule has 0 fully saturated rings. The molecule has 0 aromatic heterocycles. The van der Waals surface area contributed by atoms with Crippen molar-refractivity contribution in [1.29, 1.82) is 0 Å². The van der Waals surface area contributed by atoms with Crippen molar-refractivity contribution in [3.8, 4) is 17.2 Å². The fourth-order valence-electron chi connectivity index (χ4n) is 2.42. The lowest BCUT2D eigenvalue weighted by Gasteiger charge is -2.07. The van der Waals surface area contributed by atoms with Gasteiger partial charge in [0.25, 0.3) is 0 Å². The molecule has 25 heavy (non-hydrogen) atoms. The maximum Gasteiger partial charge on any atom is 0.240 e. The molecule has 0 saturated heterocycles. The van der Waals surface area contributed by atoms with Crippen LogP contribution in [0.2, 0.25) is 0 Å². The zero-order valence-corrected chi connectivity index (χ0v) is 14.3. The number of aromatic hydroxyl groups is 2. The molecule has 0 spiro atoms. The molecule has 0 aliphatic heterocycles. The van der Waals surface area contributed by atoms with Crippen LogP contribution < -0.4 is 10.2 Å². The normalized spacial score (nSPS) is 10.8. The van der Waals surface area contributed by atoms with Crippen molar-refractivity contribution in [2.75, 3.05) is 7.11 Å². The number of carbonyl (C=O) groups is 1. The van der Waals surface area contributed by atoms with Crippen LogP contribution in [0.3, 0.4) is 0 Å². The number of nitrogens with one attached hydrogen (secondary N) is 1. The van der Waals surface area contributed by atoms with Crippen LogP contribution >= 0.6 is 0 Å². The molecule has 0 unspecified atom stereocenters. The van der Waals surface area contributed by atoms with Gasteiger partial charge < -0.3 is 14.9 Å². The minimum atomic E-state index is -0.195. The summed E-state index contributed by atoms with van der Waals surface area (Å²) in [5.74, 6) is 0.522. The van der Waals surface area contributed by atoms with Gasteiger partial charge in [-0.05, 0) is 49.1 Å². The molecular formula is C19H22N2O4. The molecule has 3 N–H and O–H groups in total. The largest absolute Gasteiger partial charge is 0.508 e. The number of rotatable bonds is 7. The van der Waals surface area contributed by atoms with E-state index in [1.54, 1.807) is 7.11 Å². The quantitative estimate of drug-likeness (QED) is 0.533.